The van der Waals surface area contributed by atoms with Crippen LogP contribution in [0.2, 0.25) is 0 Å². The number of rotatable bonds is 4. The number of pyridine rings is 1. The highest BCUT2D eigenvalue weighted by Crippen LogP contribution is 2.13. The Bertz CT molecular complexity index is 815. The van der Waals surface area contributed by atoms with E-state index in [1.54, 1.807) is 30.8 Å². The number of hydrogen-bond donors (Lipinski definition) is 1. The third kappa shape index (κ3) is 3.03. The van der Waals surface area contributed by atoms with Crippen molar-refractivity contribution in [1.82, 2.24) is 19.9 Å². The number of nitrogens with zero attached hydrogens (tertiary/aromatic N) is 4. The van der Waals surface area contributed by atoms with E-state index in [4.69, 9.17) is 16.6 Å². The molecule has 1 N–H and O–H groups in total. The van der Waals surface area contributed by atoms with E-state index in [1.165, 1.54) is 4.68 Å². The lowest BCUT2D eigenvalue weighted by Gasteiger charge is -1.98. The summed E-state index contributed by atoms with van der Waals surface area (Å²) in [7, 11) is 0. The predicted octanol–water partition coefficient (Wildman–Crippen LogP) is 3.14. The summed E-state index contributed by atoms with van der Waals surface area (Å²) in [6.07, 6.45) is 8.48. The van der Waals surface area contributed by atoms with Gasteiger partial charge in [-0.15, -0.1) is 0 Å². The zero-order valence-corrected chi connectivity index (χ0v) is 11.7. The molecule has 0 saturated carbocycles. The van der Waals surface area contributed by atoms with Gasteiger partial charge in [0.1, 0.15) is 11.5 Å². The van der Waals surface area contributed by atoms with Crippen LogP contribution in [0.3, 0.4) is 0 Å². The van der Waals surface area contributed by atoms with Gasteiger partial charge in [0.15, 0.2) is 0 Å². The first-order valence-electron chi connectivity index (χ1n) is 6.18. The van der Waals surface area contributed by atoms with Crippen LogP contribution in [0.25, 0.3) is 17.6 Å². The molecule has 0 aromatic carbocycles. The topological polar surface area (TPSA) is 72.0 Å². The normalized spacial score (nSPS) is 11.6. The number of furan rings is 1. The van der Waals surface area contributed by atoms with Gasteiger partial charge in [0.2, 0.25) is 10.6 Å². The highest BCUT2D eigenvalue weighted by atomic mass is 32.1. The molecule has 0 atom stereocenters. The van der Waals surface area contributed by atoms with Crippen LogP contribution in [0.15, 0.2) is 58.4 Å². The summed E-state index contributed by atoms with van der Waals surface area (Å²) in [5.74, 6) is 1.31. The summed E-state index contributed by atoms with van der Waals surface area (Å²) in [6.45, 7) is 0. The van der Waals surface area contributed by atoms with Gasteiger partial charge in [-0.2, -0.15) is 14.9 Å². The minimum absolute atomic E-state index is 0.401. The van der Waals surface area contributed by atoms with E-state index < -0.39 is 0 Å². The Morgan fingerprint density at radius 3 is 3.00 bits per heavy atom. The second-order valence-electron chi connectivity index (χ2n) is 4.02. The lowest BCUT2D eigenvalue weighted by molar-refractivity contribution is 0.557. The summed E-state index contributed by atoms with van der Waals surface area (Å²) in [5, 5.41) is 11.1. The Morgan fingerprint density at radius 2 is 2.24 bits per heavy atom. The molecule has 3 aromatic heterocycles. The van der Waals surface area contributed by atoms with Crippen molar-refractivity contribution in [1.29, 1.82) is 0 Å². The number of nitrogens with one attached hydrogen (secondary N) is 1. The second-order valence-corrected chi connectivity index (χ2v) is 4.40. The molecule has 3 heterocycles. The molecule has 0 spiro atoms. The zero-order valence-electron chi connectivity index (χ0n) is 10.9. The Balaban J connectivity index is 1.86. The van der Waals surface area contributed by atoms with Crippen LogP contribution < -0.4 is 0 Å². The van der Waals surface area contributed by atoms with Gasteiger partial charge in [-0.25, -0.2) is 5.10 Å². The van der Waals surface area contributed by atoms with Crippen LogP contribution in [0, 0.1) is 4.77 Å². The van der Waals surface area contributed by atoms with Gasteiger partial charge in [-0.05, 0) is 48.6 Å². The highest BCUT2D eigenvalue weighted by Gasteiger charge is 2.07. The maximum absolute atomic E-state index is 5.18. The molecule has 0 fully saturated rings. The molecule has 0 aliphatic rings. The van der Waals surface area contributed by atoms with Crippen molar-refractivity contribution in [2.24, 2.45) is 5.10 Å². The molecular weight excluding hydrogens is 286 g/mol. The fourth-order valence-corrected chi connectivity index (χ4v) is 1.87. The van der Waals surface area contributed by atoms with E-state index in [-0.39, 0.29) is 0 Å². The molecule has 0 aliphatic heterocycles. The van der Waals surface area contributed by atoms with Crippen LogP contribution >= 0.6 is 12.2 Å². The number of aromatic nitrogens is 4. The maximum atomic E-state index is 5.18. The number of H-pyrrole nitrogens is 1. The van der Waals surface area contributed by atoms with Crippen LogP contribution in [0.4, 0.5) is 0 Å². The van der Waals surface area contributed by atoms with E-state index in [0.29, 0.717) is 16.3 Å². The minimum Gasteiger partial charge on any atom is -0.465 e. The number of aromatic amines is 1. The summed E-state index contributed by atoms with van der Waals surface area (Å²) < 4.78 is 7.10. The SMILES string of the molecule is S=c1[nH]nc(-c2ccccn2)n1/N=C/C=C/c1ccco1. The Labute approximate surface area is 125 Å². The fraction of sp³-hybridized carbons (Fsp3) is 0. The molecule has 6 nitrogen and oxygen atoms in total. The summed E-state index contributed by atoms with van der Waals surface area (Å²) in [6, 6.07) is 9.24. The largest absolute Gasteiger partial charge is 0.465 e. The van der Waals surface area contributed by atoms with Crippen molar-refractivity contribution in [3.63, 3.8) is 0 Å². The van der Waals surface area contributed by atoms with Gasteiger partial charge in [0.25, 0.3) is 0 Å². The van der Waals surface area contributed by atoms with Gasteiger partial charge in [0, 0.05) is 12.4 Å². The standard InChI is InChI=1S/C14H11N5OS/c21-14-18-17-13(12-7-1-2-8-15-12)19(14)16-9-3-5-11-6-4-10-20-11/h1-10H,(H,18,21)/b5-3+,16-9+. The summed E-state index contributed by atoms with van der Waals surface area (Å²) >= 11 is 5.16. The maximum Gasteiger partial charge on any atom is 0.216 e. The van der Waals surface area contributed by atoms with E-state index in [1.807, 2.05) is 30.3 Å². The molecule has 104 valence electrons. The Morgan fingerprint density at radius 1 is 1.29 bits per heavy atom. The molecule has 0 unspecified atom stereocenters. The molecule has 21 heavy (non-hydrogen) atoms. The number of hydrogen-bond acceptors (Lipinski definition) is 5. The average Bonchev–Trinajstić information content (AvgIpc) is 3.15. The predicted molar refractivity (Wildman–Crippen MR) is 82.3 cm³/mol. The summed E-state index contributed by atoms with van der Waals surface area (Å²) in [4.78, 5) is 4.24. The molecule has 3 rings (SSSR count). The Kier molecular flexibility index (Phi) is 3.83. The van der Waals surface area contributed by atoms with Gasteiger partial charge in [-0.1, -0.05) is 6.07 Å². The third-order valence-corrected chi connectivity index (χ3v) is 2.88. The lowest BCUT2D eigenvalue weighted by Crippen LogP contribution is -1.95. The monoisotopic (exact) mass is 297 g/mol. The van der Waals surface area contributed by atoms with E-state index >= 15 is 0 Å². The van der Waals surface area contributed by atoms with Crippen molar-refractivity contribution >= 4 is 24.5 Å². The zero-order chi connectivity index (χ0) is 14.5. The first-order chi connectivity index (χ1) is 10.3. The number of allylic oxidation sites excluding steroid dienone is 1. The summed E-state index contributed by atoms with van der Waals surface area (Å²) in [5.41, 5.74) is 0.692. The highest BCUT2D eigenvalue weighted by molar-refractivity contribution is 7.71. The molecule has 0 radical (unpaired) electrons. The van der Waals surface area contributed by atoms with Gasteiger partial charge in [-0.3, -0.25) is 4.98 Å². The van der Waals surface area contributed by atoms with E-state index in [2.05, 4.69) is 20.3 Å². The van der Waals surface area contributed by atoms with Crippen molar-refractivity contribution < 1.29 is 4.42 Å². The van der Waals surface area contributed by atoms with E-state index in [0.717, 1.165) is 5.76 Å². The molecule has 0 aliphatic carbocycles. The molecule has 7 heteroatoms. The van der Waals surface area contributed by atoms with Crippen molar-refractivity contribution in [2.45, 2.75) is 0 Å². The molecule has 0 amide bonds. The molecular formula is C14H11N5OS. The first-order valence-corrected chi connectivity index (χ1v) is 6.59. The smallest absolute Gasteiger partial charge is 0.216 e. The van der Waals surface area contributed by atoms with Crippen LogP contribution in [-0.4, -0.2) is 26.1 Å². The molecule has 0 bridgehead atoms. The Hall–Kier alpha value is -2.80. The van der Waals surface area contributed by atoms with E-state index in [9.17, 15) is 0 Å². The van der Waals surface area contributed by atoms with Crippen LogP contribution in [0.1, 0.15) is 5.76 Å². The van der Waals surface area contributed by atoms with Crippen LogP contribution in [-0.2, 0) is 0 Å². The van der Waals surface area contributed by atoms with Crippen molar-refractivity contribution in [3.05, 3.63) is 59.4 Å². The quantitative estimate of drug-likeness (QED) is 0.593. The van der Waals surface area contributed by atoms with Gasteiger partial charge < -0.3 is 4.42 Å². The first kappa shape index (κ1) is 13.2. The second kappa shape index (κ2) is 6.10. The van der Waals surface area contributed by atoms with Gasteiger partial charge >= 0.3 is 0 Å². The molecule has 0 saturated heterocycles. The lowest BCUT2D eigenvalue weighted by atomic mass is 10.3. The van der Waals surface area contributed by atoms with Crippen molar-refractivity contribution in [3.8, 4) is 11.5 Å². The van der Waals surface area contributed by atoms with Crippen LogP contribution in [0.5, 0.6) is 0 Å². The van der Waals surface area contributed by atoms with Gasteiger partial charge in [0.05, 0.1) is 6.26 Å². The third-order valence-electron chi connectivity index (χ3n) is 2.62. The van der Waals surface area contributed by atoms with Crippen molar-refractivity contribution in [2.75, 3.05) is 0 Å². The fourth-order valence-electron chi connectivity index (χ4n) is 1.69. The average molecular weight is 297 g/mol. The minimum atomic E-state index is 0.401. The molecule has 3 aromatic rings.